The molecule has 0 spiro atoms. The predicted octanol–water partition coefficient (Wildman–Crippen LogP) is 6.83. The van der Waals surface area contributed by atoms with Crippen LogP contribution in [0.2, 0.25) is 5.02 Å². The van der Waals surface area contributed by atoms with Crippen LogP contribution in [0.3, 0.4) is 0 Å². The van der Waals surface area contributed by atoms with Crippen LogP contribution in [0, 0.1) is 10.3 Å². The molecule has 0 bridgehead atoms. The summed E-state index contributed by atoms with van der Waals surface area (Å²) in [5.74, 6) is 0.208. The number of aromatic nitrogens is 1. The summed E-state index contributed by atoms with van der Waals surface area (Å²) in [7, 11) is 0. The van der Waals surface area contributed by atoms with Crippen molar-refractivity contribution >= 4 is 22.9 Å². The largest absolute Gasteiger partial charge is 0.265 e. The molecule has 1 aliphatic rings. The molecule has 2 unspecified atom stereocenters. The van der Waals surface area contributed by atoms with Crippen LogP contribution in [0.25, 0.3) is 10.4 Å². The van der Waals surface area contributed by atoms with Gasteiger partial charge in [0.1, 0.15) is 6.04 Å². The van der Waals surface area contributed by atoms with E-state index in [0.29, 0.717) is 0 Å². The van der Waals surface area contributed by atoms with E-state index in [4.69, 9.17) is 11.6 Å². The van der Waals surface area contributed by atoms with E-state index in [1.165, 1.54) is 11.1 Å². The first-order valence-corrected chi connectivity index (χ1v) is 9.81. The summed E-state index contributed by atoms with van der Waals surface area (Å²) >= 11 is 7.77. The van der Waals surface area contributed by atoms with Crippen molar-refractivity contribution < 1.29 is 0 Å². The van der Waals surface area contributed by atoms with Crippen molar-refractivity contribution in [2.24, 2.45) is 10.6 Å². The van der Waals surface area contributed by atoms with E-state index in [-0.39, 0.29) is 17.4 Å². The van der Waals surface area contributed by atoms with Gasteiger partial charge in [0.15, 0.2) is 0 Å². The number of nitrogens with zero attached hydrogens (tertiary/aromatic N) is 2. The maximum Gasteiger partial charge on any atom is 0.127 e. The fourth-order valence-electron chi connectivity index (χ4n) is 4.06. The van der Waals surface area contributed by atoms with Crippen molar-refractivity contribution in [1.82, 2.24) is 4.98 Å². The number of thiophene rings is 1. The van der Waals surface area contributed by atoms with E-state index < -0.39 is 0 Å². The lowest BCUT2D eigenvalue weighted by Crippen LogP contribution is -2.30. The molecule has 2 heterocycles. The van der Waals surface area contributed by atoms with Crippen molar-refractivity contribution in [2.75, 3.05) is 0 Å². The molecule has 0 radical (unpaired) electrons. The Hall–Kier alpha value is -2.04. The second kappa shape index (κ2) is 6.60. The molecular weight excluding hydrogens is 364 g/mol. The first-order valence-electron chi connectivity index (χ1n) is 8.61. The quantitative estimate of drug-likeness (QED) is 0.465. The lowest BCUT2D eigenvalue weighted by Gasteiger charge is -2.40. The number of hydrogen-bond donors (Lipinski definition) is 0. The number of nitroso groups, excluding NO2 is 1. The van der Waals surface area contributed by atoms with Crippen LogP contribution >= 0.6 is 22.9 Å². The van der Waals surface area contributed by atoms with Gasteiger partial charge in [-0.15, -0.1) is 11.3 Å². The van der Waals surface area contributed by atoms with Gasteiger partial charge in [-0.3, -0.25) is 4.98 Å². The second-order valence-electron chi connectivity index (χ2n) is 7.46. The topological polar surface area (TPSA) is 42.3 Å². The Bertz CT molecular complexity index is 934. The third kappa shape index (κ3) is 2.97. The number of hydrogen-bond acceptors (Lipinski definition) is 4. The van der Waals surface area contributed by atoms with E-state index >= 15 is 0 Å². The molecule has 2 atom stereocenters. The summed E-state index contributed by atoms with van der Waals surface area (Å²) in [4.78, 5) is 17.9. The molecule has 1 aliphatic carbocycles. The number of rotatable bonds is 3. The van der Waals surface area contributed by atoms with Gasteiger partial charge in [-0.25, -0.2) is 0 Å². The third-order valence-electron chi connectivity index (χ3n) is 5.20. The van der Waals surface area contributed by atoms with Crippen molar-refractivity contribution in [3.63, 3.8) is 0 Å². The van der Waals surface area contributed by atoms with Gasteiger partial charge in [0, 0.05) is 33.1 Å². The zero-order valence-electron chi connectivity index (χ0n) is 14.6. The van der Waals surface area contributed by atoms with Gasteiger partial charge >= 0.3 is 0 Å². The zero-order valence-corrected chi connectivity index (χ0v) is 16.2. The van der Waals surface area contributed by atoms with E-state index in [1.807, 2.05) is 24.3 Å². The van der Waals surface area contributed by atoms with Crippen LogP contribution in [0.5, 0.6) is 0 Å². The minimum absolute atomic E-state index is 0.0734. The molecule has 3 nitrogen and oxygen atoms in total. The number of fused-ring (bicyclic) bond motifs is 1. The molecule has 1 aromatic carbocycles. The van der Waals surface area contributed by atoms with Gasteiger partial charge in [0.2, 0.25) is 0 Å². The fraction of sp³-hybridized carbons (Fsp3) is 0.286. The Morgan fingerprint density at radius 3 is 2.50 bits per heavy atom. The second-order valence-corrected chi connectivity index (χ2v) is 8.98. The van der Waals surface area contributed by atoms with Crippen LogP contribution in [0.15, 0.2) is 60.0 Å². The van der Waals surface area contributed by atoms with E-state index in [9.17, 15) is 4.91 Å². The molecule has 132 valence electrons. The van der Waals surface area contributed by atoms with Gasteiger partial charge in [-0.1, -0.05) is 42.8 Å². The van der Waals surface area contributed by atoms with Gasteiger partial charge in [0.05, 0.1) is 0 Å². The van der Waals surface area contributed by atoms with E-state index in [0.717, 1.165) is 26.8 Å². The summed E-state index contributed by atoms with van der Waals surface area (Å²) in [5, 5.41) is 4.19. The Morgan fingerprint density at radius 2 is 1.85 bits per heavy atom. The SMILES string of the molecule is CC1(C)CC(N=O)c2sc(-c3ccncc3)cc2C1c1ccc(Cl)cc1. The lowest BCUT2D eigenvalue weighted by atomic mass is 9.64. The standard InChI is InChI=1S/C21H19ClN2OS/c1-21(2)12-17(24-25)20-16(19(21)14-3-5-15(22)6-4-14)11-18(26-20)13-7-9-23-10-8-13/h3-11,17,19H,12H2,1-2H3. The molecule has 0 saturated carbocycles. The smallest absolute Gasteiger partial charge is 0.127 e. The van der Waals surface area contributed by atoms with E-state index in [2.05, 4.69) is 42.2 Å². The van der Waals surface area contributed by atoms with Crippen molar-refractivity contribution in [3.05, 3.63) is 80.8 Å². The predicted molar refractivity (Wildman–Crippen MR) is 108 cm³/mol. The van der Waals surface area contributed by atoms with Gasteiger partial charge in [-0.2, -0.15) is 4.91 Å². The first kappa shape index (κ1) is 17.4. The minimum atomic E-state index is -0.288. The number of pyridine rings is 1. The molecule has 5 heteroatoms. The molecule has 26 heavy (non-hydrogen) atoms. The average molecular weight is 383 g/mol. The van der Waals surface area contributed by atoms with Crippen molar-refractivity contribution in [3.8, 4) is 10.4 Å². The van der Waals surface area contributed by atoms with Crippen LogP contribution in [-0.4, -0.2) is 4.98 Å². The first-order chi connectivity index (χ1) is 12.5. The average Bonchev–Trinajstić information content (AvgIpc) is 3.07. The maximum absolute atomic E-state index is 11.6. The highest BCUT2D eigenvalue weighted by molar-refractivity contribution is 7.15. The molecule has 0 amide bonds. The minimum Gasteiger partial charge on any atom is -0.265 e. The van der Waals surface area contributed by atoms with Crippen LogP contribution in [0.4, 0.5) is 0 Å². The monoisotopic (exact) mass is 382 g/mol. The zero-order chi connectivity index (χ0) is 18.3. The highest BCUT2D eigenvalue weighted by atomic mass is 35.5. The molecule has 3 aromatic rings. The Balaban J connectivity index is 1.89. The third-order valence-corrected chi connectivity index (χ3v) is 6.75. The number of halogens is 1. The highest BCUT2D eigenvalue weighted by Gasteiger charge is 2.43. The fourth-order valence-corrected chi connectivity index (χ4v) is 5.42. The molecule has 0 fully saturated rings. The molecule has 0 aliphatic heterocycles. The highest BCUT2D eigenvalue weighted by Crippen LogP contribution is 2.56. The van der Waals surface area contributed by atoms with E-state index in [1.54, 1.807) is 23.7 Å². The molecule has 0 saturated heterocycles. The van der Waals surface area contributed by atoms with Gasteiger partial charge in [-0.05, 0) is 58.9 Å². The molecule has 2 aromatic heterocycles. The van der Waals surface area contributed by atoms with Gasteiger partial charge < -0.3 is 0 Å². The van der Waals surface area contributed by atoms with Crippen molar-refractivity contribution in [2.45, 2.75) is 32.2 Å². The summed E-state index contributed by atoms with van der Waals surface area (Å²) in [5.41, 5.74) is 3.49. The molecule has 0 N–H and O–H groups in total. The van der Waals surface area contributed by atoms with Crippen LogP contribution < -0.4 is 0 Å². The normalized spacial score (nSPS) is 21.2. The van der Waals surface area contributed by atoms with Gasteiger partial charge in [0.25, 0.3) is 0 Å². The van der Waals surface area contributed by atoms with Crippen molar-refractivity contribution in [1.29, 1.82) is 0 Å². The van der Waals surface area contributed by atoms with Crippen LogP contribution in [-0.2, 0) is 0 Å². The summed E-state index contributed by atoms with van der Waals surface area (Å²) < 4.78 is 0. The lowest BCUT2D eigenvalue weighted by molar-refractivity contribution is 0.250. The Labute approximate surface area is 162 Å². The Kier molecular flexibility index (Phi) is 4.41. The Morgan fingerprint density at radius 1 is 1.15 bits per heavy atom. The molecular formula is C21H19ClN2OS. The van der Waals surface area contributed by atoms with Crippen LogP contribution in [0.1, 0.15) is 48.2 Å². The summed E-state index contributed by atoms with van der Waals surface area (Å²) in [6.45, 7) is 4.44. The number of benzene rings is 1. The summed E-state index contributed by atoms with van der Waals surface area (Å²) in [6, 6.07) is 14.0. The maximum atomic E-state index is 11.6. The molecule has 4 rings (SSSR count). The summed E-state index contributed by atoms with van der Waals surface area (Å²) in [6.07, 6.45) is 4.33.